The van der Waals surface area contributed by atoms with Gasteiger partial charge >= 0.3 is 0 Å². The Labute approximate surface area is 114 Å². The third-order valence-corrected chi connectivity index (χ3v) is 4.21. The molecule has 0 aliphatic carbocycles. The summed E-state index contributed by atoms with van der Waals surface area (Å²) in [5.74, 6) is 0. The topological polar surface area (TPSA) is 18.5 Å². The van der Waals surface area contributed by atoms with Crippen molar-refractivity contribution in [2.75, 3.05) is 46.3 Å². The molecule has 3 nitrogen and oxygen atoms in total. The number of likely N-dealkylation sites (N-methyl/N-ethyl adjacent to an activating group) is 1. The van der Waals surface area contributed by atoms with Gasteiger partial charge in [0.2, 0.25) is 0 Å². The maximum absolute atomic E-state index is 3.41. The van der Waals surface area contributed by atoms with Crippen LogP contribution in [-0.4, -0.2) is 62.2 Å². The molecule has 0 aromatic carbocycles. The first-order valence-electron chi connectivity index (χ1n) is 7.87. The predicted molar refractivity (Wildman–Crippen MR) is 80.2 cm³/mol. The van der Waals surface area contributed by atoms with Gasteiger partial charge in [-0.3, -0.25) is 4.90 Å². The van der Waals surface area contributed by atoms with Gasteiger partial charge in [-0.15, -0.1) is 0 Å². The Balaban J connectivity index is 2.04. The predicted octanol–water partition coefficient (Wildman–Crippen LogP) is 2.18. The molecule has 108 valence electrons. The van der Waals surface area contributed by atoms with Gasteiger partial charge in [0, 0.05) is 45.3 Å². The molecule has 0 radical (unpaired) electrons. The first-order chi connectivity index (χ1) is 8.74. The molecular formula is C15H33N3. The van der Waals surface area contributed by atoms with Crippen molar-refractivity contribution in [1.82, 2.24) is 15.1 Å². The largest absolute Gasteiger partial charge is 0.314 e. The van der Waals surface area contributed by atoms with E-state index in [2.05, 4.69) is 36.0 Å². The van der Waals surface area contributed by atoms with Crippen molar-refractivity contribution in [2.24, 2.45) is 0 Å². The molecule has 1 saturated heterocycles. The second-order valence-corrected chi connectivity index (χ2v) is 5.77. The molecule has 1 atom stereocenters. The van der Waals surface area contributed by atoms with E-state index in [9.17, 15) is 0 Å². The molecule has 1 aliphatic heterocycles. The molecule has 18 heavy (non-hydrogen) atoms. The summed E-state index contributed by atoms with van der Waals surface area (Å²) in [6, 6.07) is 0.741. The zero-order valence-electron chi connectivity index (χ0n) is 12.7. The van der Waals surface area contributed by atoms with Crippen LogP contribution in [0.2, 0.25) is 0 Å². The van der Waals surface area contributed by atoms with E-state index in [4.69, 9.17) is 0 Å². The fraction of sp³-hybridized carbons (Fsp3) is 1.00. The van der Waals surface area contributed by atoms with Crippen LogP contribution in [0.15, 0.2) is 0 Å². The lowest BCUT2D eigenvalue weighted by Gasteiger charge is -2.31. The summed E-state index contributed by atoms with van der Waals surface area (Å²) in [7, 11) is 2.28. The van der Waals surface area contributed by atoms with Crippen LogP contribution in [0, 0.1) is 0 Å². The molecular weight excluding hydrogens is 222 g/mol. The standard InChI is InChI=1S/C15H33N3/c1-4-5-6-7-8-15(2)17(3)13-14-18-11-9-16-10-12-18/h15-16H,4-14H2,1-3H3. The van der Waals surface area contributed by atoms with Gasteiger partial charge in [-0.2, -0.15) is 0 Å². The SMILES string of the molecule is CCCCCCC(C)N(C)CCN1CCNCC1. The van der Waals surface area contributed by atoms with Crippen LogP contribution in [0.25, 0.3) is 0 Å². The van der Waals surface area contributed by atoms with Crippen LogP contribution >= 0.6 is 0 Å². The summed E-state index contributed by atoms with van der Waals surface area (Å²) in [5.41, 5.74) is 0. The van der Waals surface area contributed by atoms with Gasteiger partial charge in [-0.25, -0.2) is 0 Å². The van der Waals surface area contributed by atoms with Gasteiger partial charge in [0.25, 0.3) is 0 Å². The van der Waals surface area contributed by atoms with E-state index in [1.54, 1.807) is 0 Å². The normalized spacial score (nSPS) is 19.3. The molecule has 0 saturated carbocycles. The lowest BCUT2D eigenvalue weighted by atomic mass is 10.1. The molecule has 0 bridgehead atoms. The lowest BCUT2D eigenvalue weighted by Crippen LogP contribution is -2.46. The molecule has 0 spiro atoms. The molecule has 1 rings (SSSR count). The van der Waals surface area contributed by atoms with Gasteiger partial charge in [0.15, 0.2) is 0 Å². The molecule has 1 aliphatic rings. The second-order valence-electron chi connectivity index (χ2n) is 5.77. The lowest BCUT2D eigenvalue weighted by molar-refractivity contribution is 0.177. The Morgan fingerprint density at radius 2 is 1.89 bits per heavy atom. The van der Waals surface area contributed by atoms with Crippen molar-refractivity contribution < 1.29 is 0 Å². The summed E-state index contributed by atoms with van der Waals surface area (Å²) in [4.78, 5) is 5.12. The van der Waals surface area contributed by atoms with Crippen molar-refractivity contribution in [3.05, 3.63) is 0 Å². The summed E-state index contributed by atoms with van der Waals surface area (Å²) < 4.78 is 0. The molecule has 1 N–H and O–H groups in total. The Morgan fingerprint density at radius 3 is 2.56 bits per heavy atom. The van der Waals surface area contributed by atoms with Gasteiger partial charge in [-0.1, -0.05) is 32.6 Å². The van der Waals surface area contributed by atoms with E-state index in [-0.39, 0.29) is 0 Å². The van der Waals surface area contributed by atoms with Crippen LogP contribution < -0.4 is 5.32 Å². The van der Waals surface area contributed by atoms with Crippen molar-refractivity contribution in [2.45, 2.75) is 52.0 Å². The van der Waals surface area contributed by atoms with E-state index in [0.717, 1.165) is 19.1 Å². The smallest absolute Gasteiger partial charge is 0.0110 e. The molecule has 0 aromatic heterocycles. The number of unbranched alkanes of at least 4 members (excludes halogenated alkanes) is 3. The third-order valence-electron chi connectivity index (χ3n) is 4.21. The highest BCUT2D eigenvalue weighted by Gasteiger charge is 2.12. The summed E-state index contributed by atoms with van der Waals surface area (Å²) >= 11 is 0. The number of hydrogen-bond acceptors (Lipinski definition) is 3. The molecule has 3 heteroatoms. The van der Waals surface area contributed by atoms with Crippen LogP contribution in [-0.2, 0) is 0 Å². The molecule has 1 heterocycles. The minimum absolute atomic E-state index is 0.741. The molecule has 1 fully saturated rings. The van der Waals surface area contributed by atoms with Crippen molar-refractivity contribution in [3.63, 3.8) is 0 Å². The molecule has 1 unspecified atom stereocenters. The maximum Gasteiger partial charge on any atom is 0.0110 e. The van der Waals surface area contributed by atoms with E-state index >= 15 is 0 Å². The molecule has 0 aromatic rings. The highest BCUT2D eigenvalue weighted by Crippen LogP contribution is 2.09. The Hall–Kier alpha value is -0.120. The number of nitrogens with one attached hydrogen (secondary N) is 1. The fourth-order valence-corrected chi connectivity index (χ4v) is 2.54. The number of hydrogen-bond donors (Lipinski definition) is 1. The Morgan fingerprint density at radius 1 is 1.17 bits per heavy atom. The summed E-state index contributed by atoms with van der Waals surface area (Å²) in [5, 5.41) is 3.41. The minimum atomic E-state index is 0.741. The summed E-state index contributed by atoms with van der Waals surface area (Å²) in [6.45, 7) is 11.9. The van der Waals surface area contributed by atoms with Gasteiger partial charge in [0.05, 0.1) is 0 Å². The second kappa shape index (κ2) is 9.76. The monoisotopic (exact) mass is 255 g/mol. The van der Waals surface area contributed by atoms with E-state index in [1.807, 2.05) is 0 Å². The van der Waals surface area contributed by atoms with Crippen LogP contribution in [0.5, 0.6) is 0 Å². The quantitative estimate of drug-likeness (QED) is 0.637. The van der Waals surface area contributed by atoms with Crippen LogP contribution in [0.3, 0.4) is 0 Å². The van der Waals surface area contributed by atoms with E-state index in [1.165, 1.54) is 58.3 Å². The average Bonchev–Trinajstić information content (AvgIpc) is 2.42. The Kier molecular flexibility index (Phi) is 8.64. The minimum Gasteiger partial charge on any atom is -0.314 e. The number of piperazine rings is 1. The van der Waals surface area contributed by atoms with E-state index < -0.39 is 0 Å². The first kappa shape index (κ1) is 15.9. The third kappa shape index (κ3) is 6.72. The number of nitrogens with zero attached hydrogens (tertiary/aromatic N) is 2. The van der Waals surface area contributed by atoms with Crippen molar-refractivity contribution in [1.29, 1.82) is 0 Å². The first-order valence-corrected chi connectivity index (χ1v) is 7.87. The highest BCUT2D eigenvalue weighted by atomic mass is 15.2. The van der Waals surface area contributed by atoms with Crippen LogP contribution in [0.4, 0.5) is 0 Å². The summed E-state index contributed by atoms with van der Waals surface area (Å²) in [6.07, 6.45) is 6.90. The zero-order chi connectivity index (χ0) is 13.2. The van der Waals surface area contributed by atoms with Crippen molar-refractivity contribution >= 4 is 0 Å². The number of rotatable bonds is 9. The van der Waals surface area contributed by atoms with Gasteiger partial charge < -0.3 is 10.2 Å². The van der Waals surface area contributed by atoms with Gasteiger partial charge in [0.1, 0.15) is 0 Å². The van der Waals surface area contributed by atoms with Crippen LogP contribution in [0.1, 0.15) is 46.0 Å². The van der Waals surface area contributed by atoms with E-state index in [0.29, 0.717) is 0 Å². The average molecular weight is 255 g/mol. The van der Waals surface area contributed by atoms with Crippen molar-refractivity contribution in [3.8, 4) is 0 Å². The molecule has 0 amide bonds. The zero-order valence-corrected chi connectivity index (χ0v) is 12.7. The highest BCUT2D eigenvalue weighted by molar-refractivity contribution is 4.70. The Bertz CT molecular complexity index is 190. The fourth-order valence-electron chi connectivity index (χ4n) is 2.54. The van der Waals surface area contributed by atoms with Gasteiger partial charge in [-0.05, 0) is 20.4 Å². The maximum atomic E-state index is 3.41.